The quantitative estimate of drug-likeness (QED) is 0.748. The third-order valence-electron chi connectivity index (χ3n) is 3.65. The molecule has 0 spiro atoms. The Hall–Kier alpha value is -1.30. The minimum atomic E-state index is -0.249. The average molecular weight is 255 g/mol. The van der Waals surface area contributed by atoms with Crippen molar-refractivity contribution in [3.05, 3.63) is 0 Å². The Bertz CT molecular complexity index is 308. The van der Waals surface area contributed by atoms with Crippen molar-refractivity contribution in [1.82, 2.24) is 10.2 Å². The molecule has 6 nitrogen and oxygen atoms in total. The zero-order chi connectivity index (χ0) is 13.0. The molecule has 2 saturated heterocycles. The smallest absolute Gasteiger partial charge is 0.317 e. The number of piperidine rings is 1. The van der Waals surface area contributed by atoms with Crippen LogP contribution in [0.5, 0.6) is 0 Å². The molecule has 2 aliphatic rings. The SMILES string of the molecule is NC(=O)CC1CCN(C(=O)NC2CCOC2)CC1. The van der Waals surface area contributed by atoms with Gasteiger partial charge in [-0.1, -0.05) is 0 Å². The highest BCUT2D eigenvalue weighted by Gasteiger charge is 2.26. The number of nitrogens with two attached hydrogens (primary N) is 1. The maximum absolute atomic E-state index is 12.0. The number of nitrogens with zero attached hydrogens (tertiary/aromatic N) is 1. The predicted molar refractivity (Wildman–Crippen MR) is 65.9 cm³/mol. The van der Waals surface area contributed by atoms with Gasteiger partial charge in [-0.05, 0) is 25.2 Å². The van der Waals surface area contributed by atoms with E-state index in [-0.39, 0.29) is 18.0 Å². The van der Waals surface area contributed by atoms with E-state index in [1.165, 1.54) is 0 Å². The number of ether oxygens (including phenoxy) is 1. The van der Waals surface area contributed by atoms with Crippen LogP contribution in [-0.2, 0) is 9.53 Å². The van der Waals surface area contributed by atoms with E-state index in [4.69, 9.17) is 10.5 Å². The van der Waals surface area contributed by atoms with Crippen molar-refractivity contribution in [2.75, 3.05) is 26.3 Å². The first-order valence-electron chi connectivity index (χ1n) is 6.56. The molecule has 0 aromatic heterocycles. The molecule has 2 aliphatic heterocycles. The molecule has 2 heterocycles. The number of nitrogens with one attached hydrogen (secondary N) is 1. The second-order valence-corrected chi connectivity index (χ2v) is 5.11. The lowest BCUT2D eigenvalue weighted by molar-refractivity contribution is -0.119. The van der Waals surface area contributed by atoms with Crippen molar-refractivity contribution >= 4 is 11.9 Å². The van der Waals surface area contributed by atoms with E-state index < -0.39 is 0 Å². The van der Waals surface area contributed by atoms with Gasteiger partial charge in [0.05, 0.1) is 12.6 Å². The molecule has 0 aromatic carbocycles. The van der Waals surface area contributed by atoms with Crippen LogP contribution in [0.3, 0.4) is 0 Å². The van der Waals surface area contributed by atoms with Crippen LogP contribution in [0.15, 0.2) is 0 Å². The third-order valence-corrected chi connectivity index (χ3v) is 3.65. The van der Waals surface area contributed by atoms with Gasteiger partial charge in [-0.25, -0.2) is 4.79 Å². The van der Waals surface area contributed by atoms with E-state index in [0.717, 1.165) is 25.9 Å². The lowest BCUT2D eigenvalue weighted by Crippen LogP contribution is -2.48. The first kappa shape index (κ1) is 13.1. The van der Waals surface area contributed by atoms with Gasteiger partial charge in [-0.3, -0.25) is 4.79 Å². The van der Waals surface area contributed by atoms with Crippen LogP contribution >= 0.6 is 0 Å². The van der Waals surface area contributed by atoms with Gasteiger partial charge in [0.15, 0.2) is 0 Å². The maximum Gasteiger partial charge on any atom is 0.317 e. The van der Waals surface area contributed by atoms with Gasteiger partial charge in [0, 0.05) is 26.1 Å². The average Bonchev–Trinajstić information content (AvgIpc) is 2.82. The maximum atomic E-state index is 12.0. The van der Waals surface area contributed by atoms with Crippen molar-refractivity contribution in [1.29, 1.82) is 0 Å². The number of hydrogen-bond acceptors (Lipinski definition) is 3. The third kappa shape index (κ3) is 3.60. The summed E-state index contributed by atoms with van der Waals surface area (Å²) in [5.74, 6) is 0.0855. The van der Waals surface area contributed by atoms with Gasteiger partial charge in [0.1, 0.15) is 0 Å². The number of carbonyl (C=O) groups excluding carboxylic acids is 2. The number of primary amides is 1. The molecule has 1 atom stereocenters. The fourth-order valence-electron chi connectivity index (χ4n) is 2.54. The van der Waals surface area contributed by atoms with Gasteiger partial charge in [0.2, 0.25) is 5.91 Å². The minimum Gasteiger partial charge on any atom is -0.379 e. The Balaban J connectivity index is 1.71. The number of urea groups is 1. The van der Waals surface area contributed by atoms with E-state index in [2.05, 4.69) is 5.32 Å². The van der Waals surface area contributed by atoms with Gasteiger partial charge in [0.25, 0.3) is 0 Å². The van der Waals surface area contributed by atoms with E-state index >= 15 is 0 Å². The second-order valence-electron chi connectivity index (χ2n) is 5.11. The summed E-state index contributed by atoms with van der Waals surface area (Å²) in [6.07, 6.45) is 3.05. The lowest BCUT2D eigenvalue weighted by Gasteiger charge is -2.32. The molecule has 0 aromatic rings. The van der Waals surface area contributed by atoms with Crippen LogP contribution in [0.4, 0.5) is 4.79 Å². The van der Waals surface area contributed by atoms with Gasteiger partial charge in [-0.15, -0.1) is 0 Å². The highest BCUT2D eigenvalue weighted by molar-refractivity contribution is 5.75. The predicted octanol–water partition coefficient (Wildman–Crippen LogP) is 0.0723. The molecule has 2 rings (SSSR count). The Labute approximate surface area is 107 Å². The zero-order valence-electron chi connectivity index (χ0n) is 10.6. The molecule has 3 amide bonds. The number of likely N-dealkylation sites (tertiary alicyclic amines) is 1. The molecule has 102 valence electrons. The topological polar surface area (TPSA) is 84.7 Å². The molecule has 3 N–H and O–H groups in total. The fraction of sp³-hybridized carbons (Fsp3) is 0.833. The molecule has 0 radical (unpaired) electrons. The highest BCUT2D eigenvalue weighted by Crippen LogP contribution is 2.20. The molecule has 2 fully saturated rings. The minimum absolute atomic E-state index is 0.0111. The zero-order valence-corrected chi connectivity index (χ0v) is 10.6. The Morgan fingerprint density at radius 1 is 1.28 bits per heavy atom. The van der Waals surface area contributed by atoms with Crippen LogP contribution < -0.4 is 11.1 Å². The highest BCUT2D eigenvalue weighted by atomic mass is 16.5. The van der Waals surface area contributed by atoms with Crippen molar-refractivity contribution in [2.45, 2.75) is 31.7 Å². The van der Waals surface area contributed by atoms with E-state index in [1.54, 1.807) is 0 Å². The van der Waals surface area contributed by atoms with Crippen molar-refractivity contribution < 1.29 is 14.3 Å². The summed E-state index contributed by atoms with van der Waals surface area (Å²) in [4.78, 5) is 24.6. The summed E-state index contributed by atoms with van der Waals surface area (Å²) >= 11 is 0. The van der Waals surface area contributed by atoms with Gasteiger partial charge >= 0.3 is 6.03 Å². The molecule has 18 heavy (non-hydrogen) atoms. The van der Waals surface area contributed by atoms with Gasteiger partial charge < -0.3 is 20.7 Å². The normalized spacial score (nSPS) is 25.1. The van der Waals surface area contributed by atoms with Crippen LogP contribution in [0, 0.1) is 5.92 Å². The Kier molecular flexibility index (Phi) is 4.41. The van der Waals surface area contributed by atoms with Gasteiger partial charge in [-0.2, -0.15) is 0 Å². The summed E-state index contributed by atoms with van der Waals surface area (Å²) in [5.41, 5.74) is 5.18. The number of rotatable bonds is 3. The van der Waals surface area contributed by atoms with Crippen LogP contribution in [0.1, 0.15) is 25.7 Å². The molecule has 0 aliphatic carbocycles. The first-order valence-corrected chi connectivity index (χ1v) is 6.56. The summed E-state index contributed by atoms with van der Waals surface area (Å²) in [7, 11) is 0. The number of amides is 3. The largest absolute Gasteiger partial charge is 0.379 e. The first-order chi connectivity index (χ1) is 8.65. The summed E-state index contributed by atoms with van der Waals surface area (Å²) in [6.45, 7) is 2.75. The van der Waals surface area contributed by atoms with Crippen LogP contribution in [-0.4, -0.2) is 49.2 Å². The monoisotopic (exact) mass is 255 g/mol. The molecular weight excluding hydrogens is 234 g/mol. The summed E-state index contributed by atoms with van der Waals surface area (Å²) in [5, 5.41) is 2.97. The van der Waals surface area contributed by atoms with Crippen LogP contribution in [0.25, 0.3) is 0 Å². The fourth-order valence-corrected chi connectivity index (χ4v) is 2.54. The second kappa shape index (κ2) is 6.04. The molecule has 6 heteroatoms. The van der Waals surface area contributed by atoms with Crippen molar-refractivity contribution in [2.24, 2.45) is 11.7 Å². The number of carbonyl (C=O) groups is 2. The van der Waals surface area contributed by atoms with E-state index in [1.807, 2.05) is 4.90 Å². The lowest BCUT2D eigenvalue weighted by atomic mass is 9.93. The van der Waals surface area contributed by atoms with E-state index in [9.17, 15) is 9.59 Å². The Morgan fingerprint density at radius 2 is 2.00 bits per heavy atom. The standard InChI is InChI=1S/C12H21N3O3/c13-11(16)7-9-1-4-15(5-2-9)12(17)14-10-3-6-18-8-10/h9-10H,1-8H2,(H2,13,16)(H,14,17). The van der Waals surface area contributed by atoms with Crippen molar-refractivity contribution in [3.8, 4) is 0 Å². The molecular formula is C12H21N3O3. The molecule has 1 unspecified atom stereocenters. The van der Waals surface area contributed by atoms with Crippen molar-refractivity contribution in [3.63, 3.8) is 0 Å². The number of hydrogen-bond donors (Lipinski definition) is 2. The van der Waals surface area contributed by atoms with Crippen LogP contribution in [0.2, 0.25) is 0 Å². The van der Waals surface area contributed by atoms with E-state index in [0.29, 0.717) is 32.0 Å². The molecule has 0 bridgehead atoms. The molecule has 0 saturated carbocycles. The Morgan fingerprint density at radius 3 is 2.56 bits per heavy atom. The summed E-state index contributed by atoms with van der Waals surface area (Å²) in [6, 6.07) is 0.142. The summed E-state index contributed by atoms with van der Waals surface area (Å²) < 4.78 is 5.22.